The van der Waals surface area contributed by atoms with Gasteiger partial charge in [0.2, 0.25) is 0 Å². The maximum Gasteiger partial charge on any atom is 0.321 e. The summed E-state index contributed by atoms with van der Waals surface area (Å²) in [5.41, 5.74) is 1.81. The van der Waals surface area contributed by atoms with E-state index in [0.29, 0.717) is 42.7 Å². The number of methoxy groups -OCH3 is 1. The van der Waals surface area contributed by atoms with Gasteiger partial charge in [0.25, 0.3) is 5.91 Å². The summed E-state index contributed by atoms with van der Waals surface area (Å²) in [5, 5.41) is 5.84. The molecule has 0 unspecified atom stereocenters. The van der Waals surface area contributed by atoms with Crippen LogP contribution < -0.4 is 20.1 Å². The standard InChI is InChI=1S/C23H29N3O4/c1-17-7-9-19(10-8-17)30-16-22(27)24-15-18-11-13-26(14-12-18)23(28)25-20-5-3-4-6-21(20)29-2/h3-10,18H,11-16H2,1-2H3,(H,24,27)(H,25,28). The van der Waals surface area contributed by atoms with Crippen LogP contribution in [0.1, 0.15) is 18.4 Å². The Kier molecular flexibility index (Phi) is 7.54. The topological polar surface area (TPSA) is 79.9 Å². The zero-order valence-corrected chi connectivity index (χ0v) is 17.5. The minimum atomic E-state index is -0.132. The fourth-order valence-electron chi connectivity index (χ4n) is 3.37. The minimum absolute atomic E-state index is 0.00319. The highest BCUT2D eigenvalue weighted by molar-refractivity contribution is 5.91. The first-order valence-corrected chi connectivity index (χ1v) is 10.2. The van der Waals surface area contributed by atoms with Crippen LogP contribution in [-0.4, -0.2) is 50.2 Å². The van der Waals surface area contributed by atoms with E-state index in [1.807, 2.05) is 55.5 Å². The number of nitrogens with one attached hydrogen (secondary N) is 2. The quantitative estimate of drug-likeness (QED) is 0.731. The first kappa shape index (κ1) is 21.5. The summed E-state index contributed by atoms with van der Waals surface area (Å²) in [5.74, 6) is 1.54. The number of benzene rings is 2. The molecule has 2 N–H and O–H groups in total. The predicted molar refractivity (Wildman–Crippen MR) is 116 cm³/mol. The molecular formula is C23H29N3O4. The van der Waals surface area contributed by atoms with Gasteiger partial charge < -0.3 is 25.0 Å². The van der Waals surface area contributed by atoms with Gasteiger partial charge in [-0.05, 0) is 49.9 Å². The van der Waals surface area contributed by atoms with Gasteiger partial charge in [0, 0.05) is 19.6 Å². The number of likely N-dealkylation sites (tertiary alicyclic amines) is 1. The lowest BCUT2D eigenvalue weighted by molar-refractivity contribution is -0.123. The van der Waals surface area contributed by atoms with E-state index in [4.69, 9.17) is 9.47 Å². The van der Waals surface area contributed by atoms with Crippen LogP contribution in [0.2, 0.25) is 0 Å². The second-order valence-electron chi connectivity index (χ2n) is 7.47. The van der Waals surface area contributed by atoms with Gasteiger partial charge in [-0.1, -0.05) is 29.8 Å². The third-order valence-corrected chi connectivity index (χ3v) is 5.23. The summed E-state index contributed by atoms with van der Waals surface area (Å²) in [6, 6.07) is 14.8. The Bertz CT molecular complexity index is 846. The molecule has 0 radical (unpaired) electrons. The van der Waals surface area contributed by atoms with Gasteiger partial charge in [-0.3, -0.25) is 4.79 Å². The Labute approximate surface area is 177 Å². The van der Waals surface area contributed by atoms with Crippen LogP contribution >= 0.6 is 0 Å². The Morgan fingerprint density at radius 1 is 1.07 bits per heavy atom. The summed E-state index contributed by atoms with van der Waals surface area (Å²) >= 11 is 0. The van der Waals surface area contributed by atoms with Gasteiger partial charge in [-0.2, -0.15) is 0 Å². The molecule has 2 aromatic carbocycles. The molecule has 2 aromatic rings. The van der Waals surface area contributed by atoms with E-state index in [2.05, 4.69) is 10.6 Å². The third kappa shape index (κ3) is 6.14. The van der Waals surface area contributed by atoms with Gasteiger partial charge in [-0.25, -0.2) is 4.79 Å². The number of ether oxygens (including phenoxy) is 2. The molecule has 3 amide bonds. The van der Waals surface area contributed by atoms with Crippen molar-refractivity contribution in [2.45, 2.75) is 19.8 Å². The molecule has 1 saturated heterocycles. The van der Waals surface area contributed by atoms with Crippen LogP contribution in [0, 0.1) is 12.8 Å². The van der Waals surface area contributed by atoms with E-state index in [-0.39, 0.29) is 18.5 Å². The third-order valence-electron chi connectivity index (χ3n) is 5.23. The highest BCUT2D eigenvalue weighted by Crippen LogP contribution is 2.24. The van der Waals surface area contributed by atoms with Gasteiger partial charge in [0.15, 0.2) is 6.61 Å². The second kappa shape index (κ2) is 10.5. The van der Waals surface area contributed by atoms with Crippen molar-refractivity contribution in [3.8, 4) is 11.5 Å². The Morgan fingerprint density at radius 3 is 2.47 bits per heavy atom. The molecule has 160 valence electrons. The molecule has 1 heterocycles. The van der Waals surface area contributed by atoms with Gasteiger partial charge in [0.1, 0.15) is 11.5 Å². The van der Waals surface area contributed by atoms with E-state index >= 15 is 0 Å². The molecule has 0 atom stereocenters. The molecule has 0 saturated carbocycles. The van der Waals surface area contributed by atoms with Crippen molar-refractivity contribution in [2.75, 3.05) is 38.7 Å². The summed E-state index contributed by atoms with van der Waals surface area (Å²) in [7, 11) is 1.58. The monoisotopic (exact) mass is 411 g/mol. The highest BCUT2D eigenvalue weighted by atomic mass is 16.5. The van der Waals surface area contributed by atoms with Crippen LogP contribution in [-0.2, 0) is 4.79 Å². The molecule has 1 aliphatic heterocycles. The van der Waals surface area contributed by atoms with Gasteiger partial charge in [0.05, 0.1) is 12.8 Å². The number of aryl methyl sites for hydroxylation is 1. The lowest BCUT2D eigenvalue weighted by atomic mass is 9.97. The van der Waals surface area contributed by atoms with Crippen molar-refractivity contribution >= 4 is 17.6 Å². The van der Waals surface area contributed by atoms with Crippen molar-refractivity contribution in [1.82, 2.24) is 10.2 Å². The van der Waals surface area contributed by atoms with Crippen molar-refractivity contribution in [2.24, 2.45) is 5.92 Å². The molecule has 0 spiro atoms. The minimum Gasteiger partial charge on any atom is -0.495 e. The van der Waals surface area contributed by atoms with Crippen LogP contribution in [0.4, 0.5) is 10.5 Å². The smallest absolute Gasteiger partial charge is 0.321 e. The number of nitrogens with zero attached hydrogens (tertiary/aromatic N) is 1. The van der Waals surface area contributed by atoms with Crippen molar-refractivity contribution in [3.63, 3.8) is 0 Å². The average molecular weight is 412 g/mol. The zero-order valence-electron chi connectivity index (χ0n) is 17.5. The molecule has 7 heteroatoms. The molecule has 7 nitrogen and oxygen atoms in total. The summed E-state index contributed by atoms with van der Waals surface area (Å²) in [6.45, 7) is 3.91. The molecule has 0 bridgehead atoms. The van der Waals surface area contributed by atoms with Crippen molar-refractivity contribution in [3.05, 3.63) is 54.1 Å². The van der Waals surface area contributed by atoms with Gasteiger partial charge >= 0.3 is 6.03 Å². The van der Waals surface area contributed by atoms with Crippen LogP contribution in [0.25, 0.3) is 0 Å². The molecule has 0 aliphatic carbocycles. The second-order valence-corrected chi connectivity index (χ2v) is 7.47. The average Bonchev–Trinajstić information content (AvgIpc) is 2.78. The predicted octanol–water partition coefficient (Wildman–Crippen LogP) is 3.44. The number of rotatable bonds is 7. The number of urea groups is 1. The summed E-state index contributed by atoms with van der Waals surface area (Å²) in [4.78, 5) is 26.4. The number of carbonyl (C=O) groups is 2. The lowest BCUT2D eigenvalue weighted by Crippen LogP contribution is -2.43. The molecule has 30 heavy (non-hydrogen) atoms. The number of amides is 3. The van der Waals surface area contributed by atoms with Gasteiger partial charge in [-0.15, -0.1) is 0 Å². The largest absolute Gasteiger partial charge is 0.495 e. The zero-order chi connectivity index (χ0) is 21.3. The fourth-order valence-corrected chi connectivity index (χ4v) is 3.37. The number of anilines is 1. The van der Waals surface area contributed by atoms with Crippen LogP contribution in [0.15, 0.2) is 48.5 Å². The van der Waals surface area contributed by atoms with Crippen LogP contribution in [0.3, 0.4) is 0 Å². The lowest BCUT2D eigenvalue weighted by Gasteiger charge is -2.32. The van der Waals surface area contributed by atoms with E-state index in [1.165, 1.54) is 0 Å². The van der Waals surface area contributed by atoms with Crippen LogP contribution in [0.5, 0.6) is 11.5 Å². The summed E-state index contributed by atoms with van der Waals surface area (Å²) in [6.07, 6.45) is 1.69. The summed E-state index contributed by atoms with van der Waals surface area (Å²) < 4.78 is 10.8. The van der Waals surface area contributed by atoms with Crippen molar-refractivity contribution in [1.29, 1.82) is 0 Å². The molecule has 1 aliphatic rings. The van der Waals surface area contributed by atoms with E-state index in [0.717, 1.165) is 18.4 Å². The Balaban J connectivity index is 1.36. The number of piperidine rings is 1. The van der Waals surface area contributed by atoms with E-state index in [9.17, 15) is 9.59 Å². The van der Waals surface area contributed by atoms with E-state index in [1.54, 1.807) is 12.0 Å². The first-order chi connectivity index (χ1) is 14.5. The maximum atomic E-state index is 12.5. The number of hydrogen-bond donors (Lipinski definition) is 2. The van der Waals surface area contributed by atoms with Crippen molar-refractivity contribution < 1.29 is 19.1 Å². The number of para-hydroxylation sites is 2. The molecule has 3 rings (SSSR count). The first-order valence-electron chi connectivity index (χ1n) is 10.2. The molecular weight excluding hydrogens is 382 g/mol. The normalized spacial score (nSPS) is 14.1. The van der Waals surface area contributed by atoms with E-state index < -0.39 is 0 Å². The number of carbonyl (C=O) groups excluding carboxylic acids is 2. The number of hydrogen-bond acceptors (Lipinski definition) is 4. The SMILES string of the molecule is COc1ccccc1NC(=O)N1CCC(CNC(=O)COc2ccc(C)cc2)CC1. The Hall–Kier alpha value is -3.22. The molecule has 0 aromatic heterocycles. The Morgan fingerprint density at radius 2 is 1.77 bits per heavy atom. The maximum absolute atomic E-state index is 12.5. The highest BCUT2D eigenvalue weighted by Gasteiger charge is 2.23. The molecule has 1 fully saturated rings. The fraction of sp³-hybridized carbons (Fsp3) is 0.391.